The molecule has 1 atom stereocenters. The summed E-state index contributed by atoms with van der Waals surface area (Å²) in [5.74, 6) is 0.988. The first-order chi connectivity index (χ1) is 6.27. The van der Waals surface area contributed by atoms with Gasteiger partial charge >= 0.3 is 0 Å². The number of likely N-dealkylation sites (tertiary alicyclic amines) is 1. The number of aliphatic hydroxyl groups is 1. The average molecular weight is 299 g/mol. The number of nitrogens with zero attached hydrogens (tertiary/aromatic N) is 1. The van der Waals surface area contributed by atoms with Crippen LogP contribution in [-0.4, -0.2) is 43.4 Å². The van der Waals surface area contributed by atoms with Crippen molar-refractivity contribution >= 4 is 23.0 Å². The molecule has 0 radical (unpaired) electrons. The van der Waals surface area contributed by atoms with E-state index in [-0.39, 0.29) is 6.61 Å². The molecule has 1 fully saturated rings. The van der Waals surface area contributed by atoms with Crippen molar-refractivity contribution in [2.75, 3.05) is 33.4 Å². The molecule has 1 rings (SSSR count). The summed E-state index contributed by atoms with van der Waals surface area (Å²) in [6.07, 6.45) is 2.39. The molecule has 1 heterocycles. The van der Waals surface area contributed by atoms with Crippen LogP contribution in [0.2, 0.25) is 0 Å². The third-order valence-electron chi connectivity index (χ3n) is 2.94. The van der Waals surface area contributed by atoms with Crippen LogP contribution in [-0.2, 0) is 3.07 Å². The SMILES string of the molecule is CN1CCC(C(CO)COI)CC1. The Balaban J connectivity index is 2.32. The smallest absolute Gasteiger partial charge is 0.109 e. The Hall–Kier alpha value is 0.610. The van der Waals surface area contributed by atoms with Gasteiger partial charge in [0.1, 0.15) is 23.0 Å². The van der Waals surface area contributed by atoms with Crippen molar-refractivity contribution in [2.24, 2.45) is 11.8 Å². The molecule has 0 amide bonds. The highest BCUT2D eigenvalue weighted by molar-refractivity contribution is 14.1. The van der Waals surface area contributed by atoms with Gasteiger partial charge in [-0.2, -0.15) is 0 Å². The van der Waals surface area contributed by atoms with Crippen molar-refractivity contribution in [1.82, 2.24) is 4.90 Å². The van der Waals surface area contributed by atoms with E-state index in [0.717, 1.165) is 13.1 Å². The maximum absolute atomic E-state index is 9.18. The highest BCUT2D eigenvalue weighted by Crippen LogP contribution is 2.24. The van der Waals surface area contributed by atoms with Gasteiger partial charge in [-0.05, 0) is 38.9 Å². The van der Waals surface area contributed by atoms with Crippen molar-refractivity contribution in [1.29, 1.82) is 0 Å². The van der Waals surface area contributed by atoms with Crippen molar-refractivity contribution in [3.05, 3.63) is 0 Å². The molecule has 1 aliphatic rings. The molecule has 0 aromatic rings. The van der Waals surface area contributed by atoms with E-state index in [1.165, 1.54) is 12.8 Å². The zero-order valence-corrected chi connectivity index (χ0v) is 10.2. The van der Waals surface area contributed by atoms with Crippen LogP contribution in [0.5, 0.6) is 0 Å². The van der Waals surface area contributed by atoms with Crippen LogP contribution in [0, 0.1) is 11.8 Å². The molecule has 0 bridgehead atoms. The fraction of sp³-hybridized carbons (Fsp3) is 1.00. The Kier molecular flexibility index (Phi) is 5.54. The lowest BCUT2D eigenvalue weighted by atomic mass is 9.85. The third-order valence-corrected chi connectivity index (χ3v) is 3.30. The summed E-state index contributed by atoms with van der Waals surface area (Å²) in [6.45, 7) is 3.26. The molecule has 78 valence electrons. The lowest BCUT2D eigenvalue weighted by molar-refractivity contribution is 0.0937. The van der Waals surface area contributed by atoms with Gasteiger partial charge in [0.05, 0.1) is 6.61 Å². The number of aliphatic hydroxyl groups excluding tert-OH is 1. The summed E-state index contributed by atoms with van der Waals surface area (Å²) >= 11 is 1.90. The number of piperidine rings is 1. The van der Waals surface area contributed by atoms with Gasteiger partial charge < -0.3 is 13.1 Å². The van der Waals surface area contributed by atoms with Crippen molar-refractivity contribution < 1.29 is 8.17 Å². The van der Waals surface area contributed by atoms with Crippen LogP contribution in [0.25, 0.3) is 0 Å². The van der Waals surface area contributed by atoms with E-state index in [2.05, 4.69) is 11.9 Å². The summed E-state index contributed by atoms with van der Waals surface area (Å²) in [5.41, 5.74) is 0. The molecule has 0 aromatic heterocycles. The Morgan fingerprint density at radius 3 is 2.62 bits per heavy atom. The number of halogens is 1. The molecular weight excluding hydrogens is 281 g/mol. The molecule has 1 unspecified atom stereocenters. The van der Waals surface area contributed by atoms with Gasteiger partial charge in [-0.15, -0.1) is 0 Å². The highest BCUT2D eigenvalue weighted by atomic mass is 127. The Bertz CT molecular complexity index is 138. The van der Waals surface area contributed by atoms with E-state index < -0.39 is 0 Å². The van der Waals surface area contributed by atoms with E-state index in [9.17, 15) is 5.11 Å². The lowest BCUT2D eigenvalue weighted by Gasteiger charge is -2.32. The molecule has 1 saturated heterocycles. The normalized spacial score (nSPS) is 23.3. The van der Waals surface area contributed by atoms with Crippen LogP contribution in [0.1, 0.15) is 12.8 Å². The molecule has 4 heteroatoms. The Labute approximate surface area is 94.1 Å². The summed E-state index contributed by atoms with van der Waals surface area (Å²) in [6, 6.07) is 0. The number of hydrogen-bond donors (Lipinski definition) is 1. The summed E-state index contributed by atoms with van der Waals surface area (Å²) in [4.78, 5) is 2.34. The molecule has 0 aromatic carbocycles. The van der Waals surface area contributed by atoms with Crippen LogP contribution in [0.4, 0.5) is 0 Å². The summed E-state index contributed by atoms with van der Waals surface area (Å²) in [7, 11) is 2.15. The van der Waals surface area contributed by atoms with Crippen LogP contribution >= 0.6 is 23.0 Å². The summed E-state index contributed by atoms with van der Waals surface area (Å²) in [5, 5.41) is 9.18. The lowest BCUT2D eigenvalue weighted by Crippen LogP contribution is -2.35. The first-order valence-corrected chi connectivity index (χ1v) is 5.69. The van der Waals surface area contributed by atoms with E-state index in [1.54, 1.807) is 0 Å². The van der Waals surface area contributed by atoms with Crippen molar-refractivity contribution in [3.63, 3.8) is 0 Å². The number of hydrogen-bond acceptors (Lipinski definition) is 3. The second kappa shape index (κ2) is 6.16. The molecule has 0 saturated carbocycles. The molecule has 0 spiro atoms. The minimum absolute atomic E-state index is 0.261. The van der Waals surface area contributed by atoms with Crippen molar-refractivity contribution in [2.45, 2.75) is 12.8 Å². The topological polar surface area (TPSA) is 32.7 Å². The zero-order chi connectivity index (χ0) is 9.68. The second-order valence-corrected chi connectivity index (χ2v) is 4.48. The second-order valence-electron chi connectivity index (χ2n) is 3.86. The predicted octanol–water partition coefficient (Wildman–Crippen LogP) is 1.30. The summed E-state index contributed by atoms with van der Waals surface area (Å²) < 4.78 is 5.07. The zero-order valence-electron chi connectivity index (χ0n) is 8.08. The van der Waals surface area contributed by atoms with Gasteiger partial charge in [-0.3, -0.25) is 0 Å². The van der Waals surface area contributed by atoms with E-state index in [4.69, 9.17) is 3.07 Å². The van der Waals surface area contributed by atoms with Gasteiger partial charge in [-0.25, -0.2) is 0 Å². The van der Waals surface area contributed by atoms with E-state index in [1.807, 2.05) is 23.0 Å². The van der Waals surface area contributed by atoms with Crippen LogP contribution in [0.15, 0.2) is 0 Å². The molecule has 13 heavy (non-hydrogen) atoms. The first kappa shape index (κ1) is 11.7. The standard InChI is InChI=1S/C9H18INO2/c1-11-4-2-8(3-5-11)9(6-12)7-13-10/h8-9,12H,2-7H2,1H3. The van der Waals surface area contributed by atoms with Crippen molar-refractivity contribution in [3.8, 4) is 0 Å². The fourth-order valence-electron chi connectivity index (χ4n) is 1.92. The average Bonchev–Trinajstić information content (AvgIpc) is 2.16. The highest BCUT2D eigenvalue weighted by Gasteiger charge is 2.24. The third kappa shape index (κ3) is 3.69. The minimum atomic E-state index is 0.261. The molecule has 3 nitrogen and oxygen atoms in total. The van der Waals surface area contributed by atoms with Gasteiger partial charge in [0.25, 0.3) is 0 Å². The molecule has 1 aliphatic heterocycles. The molecule has 1 N–H and O–H groups in total. The van der Waals surface area contributed by atoms with Crippen LogP contribution in [0.3, 0.4) is 0 Å². The van der Waals surface area contributed by atoms with E-state index >= 15 is 0 Å². The molecule has 0 aliphatic carbocycles. The molecular formula is C9H18INO2. The van der Waals surface area contributed by atoms with Gasteiger partial charge in [0, 0.05) is 12.5 Å². The van der Waals surface area contributed by atoms with Gasteiger partial charge in [0.15, 0.2) is 0 Å². The maximum atomic E-state index is 9.18. The monoisotopic (exact) mass is 299 g/mol. The maximum Gasteiger partial charge on any atom is 0.109 e. The largest absolute Gasteiger partial charge is 0.396 e. The Morgan fingerprint density at radius 1 is 1.54 bits per heavy atom. The Morgan fingerprint density at radius 2 is 2.15 bits per heavy atom. The van der Waals surface area contributed by atoms with Gasteiger partial charge in [-0.1, -0.05) is 0 Å². The first-order valence-electron chi connectivity index (χ1n) is 4.81. The minimum Gasteiger partial charge on any atom is -0.396 e. The van der Waals surface area contributed by atoms with E-state index in [0.29, 0.717) is 18.4 Å². The fourth-order valence-corrected chi connectivity index (χ4v) is 2.38. The quantitative estimate of drug-likeness (QED) is 0.794. The van der Waals surface area contributed by atoms with Gasteiger partial charge in [0.2, 0.25) is 0 Å². The predicted molar refractivity (Wildman–Crippen MR) is 60.8 cm³/mol. The number of rotatable bonds is 4. The van der Waals surface area contributed by atoms with Crippen LogP contribution < -0.4 is 0 Å².